The fourth-order valence-corrected chi connectivity index (χ4v) is 1.74. The summed E-state index contributed by atoms with van der Waals surface area (Å²) in [7, 11) is 0. The highest BCUT2D eigenvalue weighted by atomic mass is 16.4. The van der Waals surface area contributed by atoms with Gasteiger partial charge in [0.05, 0.1) is 17.3 Å². The molecule has 1 aliphatic heterocycles. The maximum absolute atomic E-state index is 10.9. The van der Waals surface area contributed by atoms with Crippen molar-refractivity contribution in [2.24, 2.45) is 4.99 Å². The van der Waals surface area contributed by atoms with E-state index in [0.29, 0.717) is 11.3 Å². The number of allylic oxidation sites excluding steroid dienone is 1. The van der Waals surface area contributed by atoms with Gasteiger partial charge in [-0.15, -0.1) is 0 Å². The Hall–Kier alpha value is -1.32. The van der Waals surface area contributed by atoms with Crippen molar-refractivity contribution in [3.05, 3.63) is 11.3 Å². The van der Waals surface area contributed by atoms with Crippen molar-refractivity contribution in [2.75, 3.05) is 0 Å². The first-order valence-electron chi connectivity index (χ1n) is 5.34. The molecule has 84 valence electrons. The molecule has 0 amide bonds. The van der Waals surface area contributed by atoms with E-state index in [4.69, 9.17) is 5.11 Å². The third-order valence-corrected chi connectivity index (χ3v) is 2.51. The number of nitrogens with zero attached hydrogens (tertiary/aromatic N) is 1. The zero-order chi connectivity index (χ0) is 11.4. The highest BCUT2D eigenvalue weighted by Gasteiger charge is 2.23. The van der Waals surface area contributed by atoms with Crippen molar-refractivity contribution in [3.63, 3.8) is 0 Å². The van der Waals surface area contributed by atoms with Gasteiger partial charge in [0, 0.05) is 6.42 Å². The molecule has 1 heterocycles. The van der Waals surface area contributed by atoms with E-state index < -0.39 is 5.97 Å². The lowest BCUT2D eigenvalue weighted by Crippen LogP contribution is -2.39. The molecule has 0 aliphatic carbocycles. The summed E-state index contributed by atoms with van der Waals surface area (Å²) in [6.07, 6.45) is 3.09. The largest absolute Gasteiger partial charge is 0.478 e. The first-order chi connectivity index (χ1) is 7.06. The highest BCUT2D eigenvalue weighted by molar-refractivity contribution is 5.94. The van der Waals surface area contributed by atoms with Gasteiger partial charge >= 0.3 is 5.97 Å². The predicted octanol–water partition coefficient (Wildman–Crippen LogP) is 1.93. The van der Waals surface area contributed by atoms with Crippen LogP contribution in [0.15, 0.2) is 16.3 Å². The molecule has 0 aromatic rings. The van der Waals surface area contributed by atoms with Gasteiger partial charge in [0.15, 0.2) is 0 Å². The van der Waals surface area contributed by atoms with Crippen LogP contribution in [0.2, 0.25) is 0 Å². The van der Waals surface area contributed by atoms with Gasteiger partial charge in [-0.3, -0.25) is 0 Å². The number of rotatable bonds is 4. The smallest absolute Gasteiger partial charge is 0.335 e. The summed E-state index contributed by atoms with van der Waals surface area (Å²) < 4.78 is 0. The number of hydrogen-bond donors (Lipinski definition) is 2. The SMILES string of the molecule is CCCCC1=NC(C)=C(C(=O)O)C(C)N1. The molecular formula is C11H18N2O2. The van der Waals surface area contributed by atoms with E-state index in [1.165, 1.54) is 0 Å². The Balaban J connectivity index is 2.83. The number of aliphatic imine (C=N–C) groups is 1. The Kier molecular flexibility index (Phi) is 3.88. The van der Waals surface area contributed by atoms with Crippen LogP contribution in [-0.2, 0) is 4.79 Å². The molecule has 4 heteroatoms. The molecule has 0 saturated heterocycles. The van der Waals surface area contributed by atoms with Crippen LogP contribution in [0.3, 0.4) is 0 Å². The molecular weight excluding hydrogens is 192 g/mol. The first-order valence-corrected chi connectivity index (χ1v) is 5.34. The number of hydrogen-bond acceptors (Lipinski definition) is 3. The van der Waals surface area contributed by atoms with Crippen molar-refractivity contribution >= 4 is 11.8 Å². The summed E-state index contributed by atoms with van der Waals surface area (Å²) >= 11 is 0. The van der Waals surface area contributed by atoms with E-state index in [2.05, 4.69) is 17.2 Å². The number of carboxylic acid groups (broad SMARTS) is 1. The molecule has 1 atom stereocenters. The molecule has 0 spiro atoms. The van der Waals surface area contributed by atoms with Gasteiger partial charge in [-0.25, -0.2) is 9.79 Å². The summed E-state index contributed by atoms with van der Waals surface area (Å²) in [4.78, 5) is 15.2. The van der Waals surface area contributed by atoms with E-state index in [1.54, 1.807) is 6.92 Å². The van der Waals surface area contributed by atoms with Gasteiger partial charge in [0.1, 0.15) is 5.84 Å². The number of nitrogens with one attached hydrogen (secondary N) is 1. The second-order valence-electron chi connectivity index (χ2n) is 3.83. The van der Waals surface area contributed by atoms with E-state index >= 15 is 0 Å². The lowest BCUT2D eigenvalue weighted by Gasteiger charge is -2.23. The van der Waals surface area contributed by atoms with Gasteiger partial charge in [-0.1, -0.05) is 13.3 Å². The molecule has 15 heavy (non-hydrogen) atoms. The van der Waals surface area contributed by atoms with Crippen molar-refractivity contribution in [3.8, 4) is 0 Å². The molecule has 4 nitrogen and oxygen atoms in total. The fraction of sp³-hybridized carbons (Fsp3) is 0.636. The van der Waals surface area contributed by atoms with E-state index in [0.717, 1.165) is 25.1 Å². The maximum Gasteiger partial charge on any atom is 0.335 e. The quantitative estimate of drug-likeness (QED) is 0.745. The molecule has 1 rings (SSSR count). The monoisotopic (exact) mass is 210 g/mol. The van der Waals surface area contributed by atoms with E-state index in [-0.39, 0.29) is 6.04 Å². The van der Waals surface area contributed by atoms with Crippen molar-refractivity contribution in [1.82, 2.24) is 5.32 Å². The molecule has 1 aliphatic rings. The molecule has 0 aromatic carbocycles. The Morgan fingerprint density at radius 1 is 1.60 bits per heavy atom. The number of carbonyl (C=O) groups is 1. The Bertz CT molecular complexity index is 319. The van der Waals surface area contributed by atoms with Gasteiger partial charge in [-0.05, 0) is 20.3 Å². The summed E-state index contributed by atoms with van der Waals surface area (Å²) in [6.45, 7) is 5.73. The van der Waals surface area contributed by atoms with Crippen LogP contribution < -0.4 is 5.32 Å². The Labute approximate surface area is 90.1 Å². The second-order valence-corrected chi connectivity index (χ2v) is 3.83. The minimum absolute atomic E-state index is 0.146. The van der Waals surface area contributed by atoms with Crippen LogP contribution >= 0.6 is 0 Å². The number of amidine groups is 1. The van der Waals surface area contributed by atoms with Crippen LogP contribution in [0, 0.1) is 0 Å². The lowest BCUT2D eigenvalue weighted by atomic mass is 10.0. The van der Waals surface area contributed by atoms with E-state index in [1.807, 2.05) is 6.92 Å². The minimum atomic E-state index is -0.884. The molecule has 0 saturated carbocycles. The van der Waals surface area contributed by atoms with Crippen molar-refractivity contribution < 1.29 is 9.90 Å². The standard InChI is InChI=1S/C11H18N2O2/c1-4-5-6-9-12-7(2)10(11(14)15)8(3)13-9/h7H,4-6H2,1-3H3,(H,12,13)(H,14,15). The molecule has 0 fully saturated rings. The average molecular weight is 210 g/mol. The fourth-order valence-electron chi connectivity index (χ4n) is 1.74. The van der Waals surface area contributed by atoms with Crippen molar-refractivity contribution in [2.45, 2.75) is 46.1 Å². The summed E-state index contributed by atoms with van der Waals surface area (Å²) in [5.74, 6) is 0.0256. The van der Waals surface area contributed by atoms with Crippen LogP contribution in [-0.4, -0.2) is 23.0 Å². The topological polar surface area (TPSA) is 61.7 Å². The van der Waals surface area contributed by atoms with Crippen LogP contribution in [0.1, 0.15) is 40.0 Å². The number of carboxylic acids is 1. The minimum Gasteiger partial charge on any atom is -0.478 e. The third kappa shape index (κ3) is 2.81. The molecule has 0 radical (unpaired) electrons. The lowest BCUT2D eigenvalue weighted by molar-refractivity contribution is -0.133. The van der Waals surface area contributed by atoms with Crippen molar-refractivity contribution in [1.29, 1.82) is 0 Å². The normalized spacial score (nSPS) is 21.0. The van der Waals surface area contributed by atoms with Crippen LogP contribution in [0.25, 0.3) is 0 Å². The second kappa shape index (κ2) is 4.96. The zero-order valence-corrected chi connectivity index (χ0v) is 9.50. The maximum atomic E-state index is 10.9. The average Bonchev–Trinajstić information content (AvgIpc) is 2.12. The molecule has 0 aromatic heterocycles. The zero-order valence-electron chi connectivity index (χ0n) is 9.50. The Morgan fingerprint density at radius 2 is 2.27 bits per heavy atom. The van der Waals surface area contributed by atoms with Gasteiger partial charge in [0.2, 0.25) is 0 Å². The molecule has 1 unspecified atom stereocenters. The summed E-state index contributed by atoms with van der Waals surface area (Å²) in [5.41, 5.74) is 0.995. The van der Waals surface area contributed by atoms with E-state index in [9.17, 15) is 4.79 Å². The molecule has 2 N–H and O–H groups in total. The van der Waals surface area contributed by atoms with Gasteiger partial charge in [0.25, 0.3) is 0 Å². The summed E-state index contributed by atoms with van der Waals surface area (Å²) in [5, 5.41) is 12.1. The van der Waals surface area contributed by atoms with Crippen LogP contribution in [0.5, 0.6) is 0 Å². The highest BCUT2D eigenvalue weighted by Crippen LogP contribution is 2.16. The first kappa shape index (κ1) is 11.8. The van der Waals surface area contributed by atoms with Crippen LogP contribution in [0.4, 0.5) is 0 Å². The number of aliphatic carboxylic acids is 1. The Morgan fingerprint density at radius 3 is 2.73 bits per heavy atom. The number of unbranched alkanes of at least 4 members (excludes halogenated alkanes) is 1. The summed E-state index contributed by atoms with van der Waals surface area (Å²) in [6, 6.07) is -0.146. The van der Waals surface area contributed by atoms with Gasteiger partial charge in [-0.2, -0.15) is 0 Å². The third-order valence-electron chi connectivity index (χ3n) is 2.51. The molecule has 0 bridgehead atoms. The van der Waals surface area contributed by atoms with Gasteiger partial charge < -0.3 is 10.4 Å². The predicted molar refractivity (Wildman–Crippen MR) is 59.9 cm³/mol.